The molecule has 4 aromatic rings. The molecule has 1 aromatic carbocycles. The molecular formula is C16H10Cl2N6O4. The van der Waals surface area contributed by atoms with E-state index in [-0.39, 0.29) is 21.5 Å². The summed E-state index contributed by atoms with van der Waals surface area (Å²) in [5.41, 5.74) is 6.71. The number of H-pyrrole nitrogens is 1. The van der Waals surface area contributed by atoms with E-state index in [0.29, 0.717) is 11.4 Å². The van der Waals surface area contributed by atoms with Crippen LogP contribution >= 0.6 is 23.2 Å². The number of nitrogens with two attached hydrogens (primary N) is 1. The lowest BCUT2D eigenvalue weighted by Crippen LogP contribution is -2.22. The van der Waals surface area contributed by atoms with Gasteiger partial charge in [0.05, 0.1) is 27.6 Å². The number of aromatic amines is 1. The van der Waals surface area contributed by atoms with Crippen LogP contribution in [-0.2, 0) is 0 Å². The lowest BCUT2D eigenvalue weighted by molar-refractivity contribution is 0.0985. The van der Waals surface area contributed by atoms with Gasteiger partial charge in [-0.3, -0.25) is 14.4 Å². The fourth-order valence-corrected chi connectivity index (χ4v) is 3.14. The summed E-state index contributed by atoms with van der Waals surface area (Å²) in [7, 11) is 0. The van der Waals surface area contributed by atoms with Gasteiger partial charge in [-0.2, -0.15) is 5.10 Å². The van der Waals surface area contributed by atoms with E-state index in [1.807, 2.05) is 6.92 Å². The molecule has 0 saturated heterocycles. The second kappa shape index (κ2) is 6.66. The first-order valence-electron chi connectivity index (χ1n) is 7.71. The van der Waals surface area contributed by atoms with E-state index in [2.05, 4.69) is 24.9 Å². The molecule has 0 saturated carbocycles. The number of carbonyl (C=O) groups excluding carboxylic acids is 1. The van der Waals surface area contributed by atoms with Crippen LogP contribution in [0.5, 0.6) is 11.5 Å². The Labute approximate surface area is 165 Å². The van der Waals surface area contributed by atoms with Crippen LogP contribution in [0.2, 0.25) is 10.0 Å². The number of benzene rings is 1. The van der Waals surface area contributed by atoms with Gasteiger partial charge in [0.1, 0.15) is 5.75 Å². The number of aryl methyl sites for hydroxylation is 1. The second-order valence-corrected chi connectivity index (χ2v) is 6.50. The highest BCUT2D eigenvalue weighted by atomic mass is 35.5. The summed E-state index contributed by atoms with van der Waals surface area (Å²) < 4.78 is 11.1. The van der Waals surface area contributed by atoms with E-state index >= 15 is 0 Å². The van der Waals surface area contributed by atoms with E-state index < -0.39 is 17.5 Å². The van der Waals surface area contributed by atoms with Gasteiger partial charge < -0.3 is 10.5 Å². The van der Waals surface area contributed by atoms with Crippen LogP contribution in [0.1, 0.15) is 16.3 Å². The summed E-state index contributed by atoms with van der Waals surface area (Å²) in [6.45, 7) is 1.83. The number of halogens is 2. The molecule has 0 bridgehead atoms. The van der Waals surface area contributed by atoms with Gasteiger partial charge in [-0.25, -0.2) is 14.3 Å². The van der Waals surface area contributed by atoms with Crippen LogP contribution in [-0.4, -0.2) is 30.8 Å². The Morgan fingerprint density at radius 2 is 2.00 bits per heavy atom. The number of nitrogens with one attached hydrogen (secondary N) is 1. The molecule has 0 aliphatic carbocycles. The minimum atomic E-state index is -0.951. The average Bonchev–Trinajstić information content (AvgIpc) is 3.21. The van der Waals surface area contributed by atoms with E-state index in [1.54, 1.807) is 6.07 Å². The van der Waals surface area contributed by atoms with Gasteiger partial charge in [0.2, 0.25) is 5.82 Å². The first-order valence-corrected chi connectivity index (χ1v) is 8.47. The largest absolute Gasteiger partial charge is 0.453 e. The van der Waals surface area contributed by atoms with E-state index in [9.17, 15) is 9.59 Å². The zero-order valence-corrected chi connectivity index (χ0v) is 15.6. The number of fused-ring (bicyclic) bond motifs is 1. The number of amides is 1. The number of ether oxygens (including phenoxy) is 1. The topological polar surface area (TPSA) is 142 Å². The van der Waals surface area contributed by atoms with Crippen molar-refractivity contribution >= 4 is 40.1 Å². The number of carbonyl (C=O) groups is 1. The Morgan fingerprint density at radius 1 is 1.29 bits per heavy atom. The maximum absolute atomic E-state index is 11.9. The average molecular weight is 421 g/mol. The molecule has 0 unspecified atom stereocenters. The highest BCUT2D eigenvalue weighted by Gasteiger charge is 2.20. The molecule has 142 valence electrons. The third kappa shape index (κ3) is 2.98. The summed E-state index contributed by atoms with van der Waals surface area (Å²) >= 11 is 12.6. The molecule has 12 heteroatoms. The standard InChI is InChI=1S/C16H10Cl2N6O4/c1-6-9-4-8(5-20-14(9)22-21-6)27-12-10(17)2-7(3-11(12)18)24-15(13(19)25)23-28-16(24)26/h2-5H,1H3,(H2,19,25)(H,20,21,22). The van der Waals surface area contributed by atoms with Crippen LogP contribution in [0.3, 0.4) is 0 Å². The van der Waals surface area contributed by atoms with Crippen LogP contribution in [0, 0.1) is 6.92 Å². The highest BCUT2D eigenvalue weighted by molar-refractivity contribution is 6.37. The predicted octanol–water partition coefficient (Wildman–Crippen LogP) is 2.60. The lowest BCUT2D eigenvalue weighted by atomic mass is 10.2. The zero-order chi connectivity index (χ0) is 20.0. The summed E-state index contributed by atoms with van der Waals surface area (Å²) in [5.74, 6) is -1.74. The van der Waals surface area contributed by atoms with Gasteiger partial charge in [0.15, 0.2) is 11.4 Å². The Hall–Kier alpha value is -3.37. The molecule has 0 spiro atoms. The molecule has 1 amide bonds. The minimum absolute atomic E-state index is 0.0787. The number of pyridine rings is 1. The smallest absolute Gasteiger partial charge is 0.446 e. The Bertz CT molecular complexity index is 1270. The summed E-state index contributed by atoms with van der Waals surface area (Å²) in [6, 6.07) is 4.46. The van der Waals surface area contributed by atoms with Crippen molar-refractivity contribution in [3.8, 4) is 17.2 Å². The molecule has 3 aromatic heterocycles. The number of aromatic nitrogens is 5. The van der Waals surface area contributed by atoms with E-state index in [4.69, 9.17) is 33.7 Å². The van der Waals surface area contributed by atoms with Gasteiger partial charge in [0, 0.05) is 5.39 Å². The van der Waals surface area contributed by atoms with Gasteiger partial charge in [-0.15, -0.1) is 0 Å². The number of nitrogens with zero attached hydrogens (tertiary/aromatic N) is 4. The fourth-order valence-electron chi connectivity index (χ4n) is 2.59. The maximum atomic E-state index is 11.9. The molecule has 0 aliphatic heterocycles. The molecule has 4 rings (SSSR count). The van der Waals surface area contributed by atoms with Crippen LogP contribution in [0.25, 0.3) is 16.7 Å². The fraction of sp³-hybridized carbons (Fsp3) is 0.0625. The van der Waals surface area contributed by atoms with Crippen molar-refractivity contribution in [3.05, 3.63) is 56.5 Å². The van der Waals surface area contributed by atoms with Crippen molar-refractivity contribution in [1.29, 1.82) is 0 Å². The number of hydrogen-bond acceptors (Lipinski definition) is 7. The van der Waals surface area contributed by atoms with Crippen LogP contribution in [0.15, 0.2) is 33.7 Å². The quantitative estimate of drug-likeness (QED) is 0.516. The Balaban J connectivity index is 1.76. The van der Waals surface area contributed by atoms with Crippen LogP contribution in [0.4, 0.5) is 0 Å². The van der Waals surface area contributed by atoms with E-state index in [0.717, 1.165) is 15.6 Å². The Kier molecular flexibility index (Phi) is 4.28. The number of primary amides is 1. The third-order valence-electron chi connectivity index (χ3n) is 3.87. The minimum Gasteiger partial charge on any atom is -0.453 e. The van der Waals surface area contributed by atoms with Crippen molar-refractivity contribution in [2.75, 3.05) is 0 Å². The van der Waals surface area contributed by atoms with Gasteiger partial charge in [-0.1, -0.05) is 23.2 Å². The zero-order valence-electron chi connectivity index (χ0n) is 14.1. The number of hydrogen-bond donors (Lipinski definition) is 2. The summed E-state index contributed by atoms with van der Waals surface area (Å²) in [5, 5.41) is 11.1. The highest BCUT2D eigenvalue weighted by Crippen LogP contribution is 2.38. The van der Waals surface area contributed by atoms with Crippen LogP contribution < -0.4 is 16.2 Å². The number of rotatable bonds is 4. The predicted molar refractivity (Wildman–Crippen MR) is 99.3 cm³/mol. The SMILES string of the molecule is Cc1n[nH]c2ncc(Oc3c(Cl)cc(-n4c(C(N)=O)noc4=O)cc3Cl)cc12. The first kappa shape index (κ1) is 18.0. The molecule has 0 radical (unpaired) electrons. The molecule has 3 heterocycles. The summed E-state index contributed by atoms with van der Waals surface area (Å²) in [6.07, 6.45) is 1.48. The maximum Gasteiger partial charge on any atom is 0.446 e. The molecular weight excluding hydrogens is 411 g/mol. The van der Waals surface area contributed by atoms with Crippen molar-refractivity contribution in [2.24, 2.45) is 5.73 Å². The monoisotopic (exact) mass is 420 g/mol. The van der Waals surface area contributed by atoms with E-state index in [1.165, 1.54) is 18.3 Å². The third-order valence-corrected chi connectivity index (χ3v) is 4.43. The Morgan fingerprint density at radius 3 is 2.68 bits per heavy atom. The molecule has 0 aliphatic rings. The lowest BCUT2D eigenvalue weighted by Gasteiger charge is -2.11. The molecule has 0 atom stereocenters. The van der Waals surface area contributed by atoms with Gasteiger partial charge >= 0.3 is 5.76 Å². The molecule has 0 fully saturated rings. The normalized spacial score (nSPS) is 11.1. The van der Waals surface area contributed by atoms with Crippen molar-refractivity contribution in [3.63, 3.8) is 0 Å². The summed E-state index contributed by atoms with van der Waals surface area (Å²) in [4.78, 5) is 27.5. The van der Waals surface area contributed by atoms with Crippen molar-refractivity contribution in [2.45, 2.75) is 6.92 Å². The molecule has 3 N–H and O–H groups in total. The molecule has 10 nitrogen and oxygen atoms in total. The van der Waals surface area contributed by atoms with Gasteiger partial charge in [0.25, 0.3) is 5.91 Å². The van der Waals surface area contributed by atoms with Gasteiger partial charge in [-0.05, 0) is 30.3 Å². The van der Waals surface area contributed by atoms with Crippen molar-refractivity contribution in [1.82, 2.24) is 24.9 Å². The van der Waals surface area contributed by atoms with Crippen molar-refractivity contribution < 1.29 is 14.1 Å². The second-order valence-electron chi connectivity index (χ2n) is 5.69. The molecule has 28 heavy (non-hydrogen) atoms. The first-order chi connectivity index (χ1) is 13.3.